The molecule has 0 bridgehead atoms. The Balaban J connectivity index is 2.29. The molecule has 20 heavy (non-hydrogen) atoms. The molecule has 3 N–H and O–H groups in total. The third-order valence-corrected chi connectivity index (χ3v) is 4.44. The van der Waals surface area contributed by atoms with E-state index < -0.39 is 6.10 Å². The number of imidazole rings is 1. The summed E-state index contributed by atoms with van der Waals surface area (Å²) in [5.41, 5.74) is 8.14. The highest BCUT2D eigenvalue weighted by molar-refractivity contribution is 5.80. The van der Waals surface area contributed by atoms with E-state index in [1.165, 1.54) is 0 Å². The standard InChI is InChI=1S/C15H21N3O2/c1-9(19)14-17-12-8-11(16)4-5-13(12)18(14)15(3)6-7-20-10(15)2/h4-5,8-10,19H,6-7,16H2,1-3H3. The van der Waals surface area contributed by atoms with E-state index in [1.54, 1.807) is 6.92 Å². The smallest absolute Gasteiger partial charge is 0.139 e. The number of fused-ring (bicyclic) bond motifs is 1. The van der Waals surface area contributed by atoms with E-state index in [1.807, 2.05) is 18.2 Å². The first-order chi connectivity index (χ1) is 9.43. The zero-order valence-corrected chi connectivity index (χ0v) is 12.1. The van der Waals surface area contributed by atoms with Crippen molar-refractivity contribution in [2.75, 3.05) is 12.3 Å². The monoisotopic (exact) mass is 275 g/mol. The highest BCUT2D eigenvalue weighted by atomic mass is 16.5. The number of nitrogens with two attached hydrogens (primary N) is 1. The Morgan fingerprint density at radius 1 is 1.55 bits per heavy atom. The first kappa shape index (κ1) is 13.4. The summed E-state index contributed by atoms with van der Waals surface area (Å²) in [6, 6.07) is 5.69. The van der Waals surface area contributed by atoms with Crippen LogP contribution in [-0.4, -0.2) is 27.4 Å². The SMILES string of the molecule is CC(O)c1nc2cc(N)ccc2n1C1(C)CCOC1C. The van der Waals surface area contributed by atoms with Crippen LogP contribution in [0.1, 0.15) is 39.1 Å². The molecular formula is C15H21N3O2. The largest absolute Gasteiger partial charge is 0.399 e. The van der Waals surface area contributed by atoms with Crippen molar-refractivity contribution in [2.45, 2.75) is 44.9 Å². The van der Waals surface area contributed by atoms with Crippen molar-refractivity contribution < 1.29 is 9.84 Å². The minimum atomic E-state index is -0.631. The third kappa shape index (κ3) is 1.81. The summed E-state index contributed by atoms with van der Waals surface area (Å²) in [5.74, 6) is 0.672. The Kier molecular flexibility index (Phi) is 2.99. The summed E-state index contributed by atoms with van der Waals surface area (Å²) < 4.78 is 7.87. The van der Waals surface area contributed by atoms with Crippen LogP contribution in [0, 0.1) is 0 Å². The Hall–Kier alpha value is -1.59. The molecule has 1 aliphatic heterocycles. The summed E-state index contributed by atoms with van der Waals surface area (Å²) in [7, 11) is 0. The summed E-state index contributed by atoms with van der Waals surface area (Å²) in [4.78, 5) is 4.57. The van der Waals surface area contributed by atoms with Gasteiger partial charge in [0.2, 0.25) is 0 Å². The molecule has 0 spiro atoms. The molecule has 1 fully saturated rings. The zero-order chi connectivity index (χ0) is 14.5. The van der Waals surface area contributed by atoms with Crippen LogP contribution in [-0.2, 0) is 10.3 Å². The molecule has 0 saturated carbocycles. The van der Waals surface area contributed by atoms with E-state index in [0.29, 0.717) is 11.5 Å². The van der Waals surface area contributed by atoms with Crippen LogP contribution in [0.25, 0.3) is 11.0 Å². The van der Waals surface area contributed by atoms with Gasteiger partial charge in [-0.25, -0.2) is 4.98 Å². The van der Waals surface area contributed by atoms with Gasteiger partial charge < -0.3 is 20.1 Å². The van der Waals surface area contributed by atoms with Crippen LogP contribution in [0.15, 0.2) is 18.2 Å². The molecule has 1 aromatic carbocycles. The Morgan fingerprint density at radius 3 is 2.90 bits per heavy atom. The van der Waals surface area contributed by atoms with Crippen LogP contribution in [0.2, 0.25) is 0 Å². The molecule has 5 nitrogen and oxygen atoms in total. The summed E-state index contributed by atoms with van der Waals surface area (Å²) in [6.45, 7) is 6.70. The number of anilines is 1. The van der Waals surface area contributed by atoms with Gasteiger partial charge in [0.1, 0.15) is 11.9 Å². The number of benzene rings is 1. The molecule has 1 aromatic heterocycles. The van der Waals surface area contributed by atoms with Crippen molar-refractivity contribution >= 4 is 16.7 Å². The predicted molar refractivity (Wildman–Crippen MR) is 78.5 cm³/mol. The average Bonchev–Trinajstić information content (AvgIpc) is 2.91. The van der Waals surface area contributed by atoms with Crippen LogP contribution in [0.5, 0.6) is 0 Å². The second-order valence-electron chi connectivity index (χ2n) is 5.85. The molecule has 3 rings (SSSR count). The van der Waals surface area contributed by atoms with Gasteiger partial charge in [-0.1, -0.05) is 0 Å². The molecular weight excluding hydrogens is 254 g/mol. The number of aromatic nitrogens is 2. The van der Waals surface area contributed by atoms with Crippen LogP contribution >= 0.6 is 0 Å². The molecule has 2 aromatic rings. The second kappa shape index (κ2) is 4.46. The fourth-order valence-corrected chi connectivity index (χ4v) is 3.05. The van der Waals surface area contributed by atoms with Crippen LogP contribution in [0.3, 0.4) is 0 Å². The van der Waals surface area contributed by atoms with Gasteiger partial charge in [0.25, 0.3) is 0 Å². The maximum atomic E-state index is 10.1. The number of hydrogen-bond acceptors (Lipinski definition) is 4. The van der Waals surface area contributed by atoms with Gasteiger partial charge in [0.15, 0.2) is 0 Å². The van der Waals surface area contributed by atoms with E-state index in [-0.39, 0.29) is 11.6 Å². The number of rotatable bonds is 2. The van der Waals surface area contributed by atoms with Gasteiger partial charge in [-0.2, -0.15) is 0 Å². The molecule has 0 aliphatic carbocycles. The lowest BCUT2D eigenvalue weighted by Gasteiger charge is -2.32. The molecule has 108 valence electrons. The van der Waals surface area contributed by atoms with Gasteiger partial charge >= 0.3 is 0 Å². The number of aliphatic hydroxyl groups is 1. The van der Waals surface area contributed by atoms with Crippen molar-refractivity contribution in [1.82, 2.24) is 9.55 Å². The van der Waals surface area contributed by atoms with E-state index in [0.717, 1.165) is 24.1 Å². The van der Waals surface area contributed by atoms with E-state index in [9.17, 15) is 5.11 Å². The third-order valence-electron chi connectivity index (χ3n) is 4.44. The molecule has 0 radical (unpaired) electrons. The zero-order valence-electron chi connectivity index (χ0n) is 12.1. The van der Waals surface area contributed by atoms with Gasteiger partial charge in [0, 0.05) is 12.3 Å². The average molecular weight is 275 g/mol. The summed E-state index contributed by atoms with van der Waals surface area (Å²) >= 11 is 0. The van der Waals surface area contributed by atoms with Crippen molar-refractivity contribution in [1.29, 1.82) is 0 Å². The predicted octanol–water partition coefficient (Wildman–Crippen LogP) is 2.20. The van der Waals surface area contributed by atoms with Crippen molar-refractivity contribution in [2.24, 2.45) is 0 Å². The summed E-state index contributed by atoms with van der Waals surface area (Å²) in [5, 5.41) is 10.1. The van der Waals surface area contributed by atoms with Gasteiger partial charge in [-0.05, 0) is 45.4 Å². The normalized spacial score (nSPS) is 28.1. The first-order valence-electron chi connectivity index (χ1n) is 7.01. The fourth-order valence-electron chi connectivity index (χ4n) is 3.05. The van der Waals surface area contributed by atoms with Crippen LogP contribution in [0.4, 0.5) is 5.69 Å². The minimum Gasteiger partial charge on any atom is -0.399 e. The van der Waals surface area contributed by atoms with Crippen molar-refractivity contribution in [3.63, 3.8) is 0 Å². The fraction of sp³-hybridized carbons (Fsp3) is 0.533. The molecule has 0 amide bonds. The van der Waals surface area contributed by atoms with E-state index >= 15 is 0 Å². The number of nitrogen functional groups attached to an aromatic ring is 1. The lowest BCUT2D eigenvalue weighted by atomic mass is 9.93. The molecule has 1 aliphatic rings. The van der Waals surface area contributed by atoms with Gasteiger partial charge in [0.05, 0.1) is 22.7 Å². The Labute approximate surface area is 118 Å². The molecule has 2 heterocycles. The second-order valence-corrected chi connectivity index (χ2v) is 5.85. The summed E-state index contributed by atoms with van der Waals surface area (Å²) in [6.07, 6.45) is 0.354. The van der Waals surface area contributed by atoms with Gasteiger partial charge in [-0.15, -0.1) is 0 Å². The maximum Gasteiger partial charge on any atom is 0.139 e. The number of nitrogens with zero attached hydrogens (tertiary/aromatic N) is 2. The van der Waals surface area contributed by atoms with Crippen LogP contribution < -0.4 is 5.73 Å². The Bertz CT molecular complexity index is 650. The molecule has 3 atom stereocenters. The van der Waals surface area contributed by atoms with Crippen molar-refractivity contribution in [3.8, 4) is 0 Å². The highest BCUT2D eigenvalue weighted by Crippen LogP contribution is 2.38. The number of ether oxygens (including phenoxy) is 1. The molecule has 5 heteroatoms. The Morgan fingerprint density at radius 2 is 2.30 bits per heavy atom. The van der Waals surface area contributed by atoms with E-state index in [4.69, 9.17) is 10.5 Å². The molecule has 3 unspecified atom stereocenters. The first-order valence-corrected chi connectivity index (χ1v) is 7.01. The number of aliphatic hydroxyl groups excluding tert-OH is 1. The topological polar surface area (TPSA) is 73.3 Å². The lowest BCUT2D eigenvalue weighted by Crippen LogP contribution is -2.38. The number of hydrogen-bond donors (Lipinski definition) is 2. The highest BCUT2D eigenvalue weighted by Gasteiger charge is 2.41. The van der Waals surface area contributed by atoms with E-state index in [2.05, 4.69) is 23.4 Å². The minimum absolute atomic E-state index is 0.0787. The molecule has 1 saturated heterocycles. The van der Waals surface area contributed by atoms with Crippen molar-refractivity contribution in [3.05, 3.63) is 24.0 Å². The lowest BCUT2D eigenvalue weighted by molar-refractivity contribution is 0.0719. The van der Waals surface area contributed by atoms with Gasteiger partial charge in [-0.3, -0.25) is 0 Å². The maximum absolute atomic E-state index is 10.1. The quantitative estimate of drug-likeness (QED) is 0.824.